The standard InChI is InChI=1S/C27H32N2O5/c1-2-17(15-25(30)29-24-14-8-7-13-22(24)26(31)32)28-27(33)34-16-23-20-11-5-3-9-18(20)19-10-4-6-12-21(19)23/h3-6,9-12,17,22-24H,2,7-8,13-16H2,1H3,(H,28,33)(H,29,30)(H,31,32)/t17-,22-,24+/m1/s1. The average Bonchev–Trinajstić information content (AvgIpc) is 3.16. The van der Waals surface area contributed by atoms with Crippen molar-refractivity contribution in [2.45, 2.75) is 63.5 Å². The number of carboxylic acid groups (broad SMARTS) is 1. The van der Waals surface area contributed by atoms with E-state index in [0.717, 1.165) is 35.1 Å². The van der Waals surface area contributed by atoms with E-state index in [1.807, 2.05) is 31.2 Å². The van der Waals surface area contributed by atoms with Gasteiger partial charge in [0.25, 0.3) is 0 Å². The molecule has 7 heteroatoms. The molecule has 2 aromatic rings. The molecule has 2 aromatic carbocycles. The molecule has 0 aliphatic heterocycles. The number of fused-ring (bicyclic) bond motifs is 3. The van der Waals surface area contributed by atoms with Crippen LogP contribution in [-0.4, -0.2) is 41.8 Å². The minimum absolute atomic E-state index is 0.0271. The molecule has 2 aliphatic carbocycles. The highest BCUT2D eigenvalue weighted by atomic mass is 16.5. The Balaban J connectivity index is 1.31. The minimum atomic E-state index is -0.867. The van der Waals surface area contributed by atoms with Crippen LogP contribution in [0.25, 0.3) is 11.1 Å². The zero-order valence-electron chi connectivity index (χ0n) is 19.5. The van der Waals surface area contributed by atoms with Crippen molar-refractivity contribution in [1.82, 2.24) is 10.6 Å². The van der Waals surface area contributed by atoms with Crippen LogP contribution in [0.1, 0.15) is 62.5 Å². The zero-order valence-corrected chi connectivity index (χ0v) is 19.5. The largest absolute Gasteiger partial charge is 0.481 e. The third-order valence-corrected chi connectivity index (χ3v) is 7.02. The molecule has 0 radical (unpaired) electrons. The molecule has 7 nitrogen and oxygen atoms in total. The molecule has 1 saturated carbocycles. The molecule has 0 unspecified atom stereocenters. The summed E-state index contributed by atoms with van der Waals surface area (Å²) in [4.78, 5) is 36.6. The molecule has 3 N–H and O–H groups in total. The first kappa shape index (κ1) is 23.8. The van der Waals surface area contributed by atoms with Crippen LogP contribution in [0, 0.1) is 5.92 Å². The lowest BCUT2D eigenvalue weighted by molar-refractivity contribution is -0.144. The number of carbonyl (C=O) groups excluding carboxylic acids is 2. The van der Waals surface area contributed by atoms with E-state index in [9.17, 15) is 19.5 Å². The summed E-state index contributed by atoms with van der Waals surface area (Å²) in [5, 5.41) is 15.1. The third-order valence-electron chi connectivity index (χ3n) is 7.02. The first-order valence-electron chi connectivity index (χ1n) is 12.1. The number of amides is 2. The van der Waals surface area contributed by atoms with Gasteiger partial charge in [0.2, 0.25) is 5.91 Å². The summed E-state index contributed by atoms with van der Waals surface area (Å²) < 4.78 is 5.59. The summed E-state index contributed by atoms with van der Waals surface area (Å²) in [5.74, 6) is -1.69. The zero-order chi connectivity index (χ0) is 24.1. The topological polar surface area (TPSA) is 105 Å². The second kappa shape index (κ2) is 10.7. The van der Waals surface area contributed by atoms with E-state index in [2.05, 4.69) is 34.9 Å². The van der Waals surface area contributed by atoms with E-state index in [0.29, 0.717) is 19.3 Å². The van der Waals surface area contributed by atoms with Crippen LogP contribution < -0.4 is 10.6 Å². The van der Waals surface area contributed by atoms with Crippen molar-refractivity contribution < 1.29 is 24.2 Å². The van der Waals surface area contributed by atoms with E-state index >= 15 is 0 Å². The van der Waals surface area contributed by atoms with Crippen molar-refractivity contribution >= 4 is 18.0 Å². The number of hydrogen-bond donors (Lipinski definition) is 3. The first-order chi connectivity index (χ1) is 16.5. The number of carboxylic acids is 1. The maximum atomic E-state index is 12.6. The summed E-state index contributed by atoms with van der Waals surface area (Å²) in [6.07, 6.45) is 3.11. The molecule has 34 heavy (non-hydrogen) atoms. The van der Waals surface area contributed by atoms with Crippen LogP contribution in [0.2, 0.25) is 0 Å². The van der Waals surface area contributed by atoms with Gasteiger partial charge in [-0.05, 0) is 41.5 Å². The molecule has 0 heterocycles. The van der Waals surface area contributed by atoms with Crippen LogP contribution >= 0.6 is 0 Å². The number of alkyl carbamates (subject to hydrolysis) is 1. The fourth-order valence-electron chi connectivity index (χ4n) is 5.19. The Morgan fingerprint density at radius 3 is 2.24 bits per heavy atom. The van der Waals surface area contributed by atoms with Gasteiger partial charge in [-0.1, -0.05) is 68.3 Å². The van der Waals surface area contributed by atoms with Gasteiger partial charge in [-0.15, -0.1) is 0 Å². The molecule has 1 fully saturated rings. The van der Waals surface area contributed by atoms with Crippen LogP contribution in [0.3, 0.4) is 0 Å². The summed E-state index contributed by atoms with van der Waals surface area (Å²) in [7, 11) is 0. The van der Waals surface area contributed by atoms with Gasteiger partial charge in [-0.25, -0.2) is 4.79 Å². The number of benzene rings is 2. The predicted octanol–water partition coefficient (Wildman–Crippen LogP) is 4.45. The fraction of sp³-hybridized carbons (Fsp3) is 0.444. The Morgan fingerprint density at radius 2 is 1.62 bits per heavy atom. The predicted molar refractivity (Wildman–Crippen MR) is 128 cm³/mol. The highest BCUT2D eigenvalue weighted by molar-refractivity contribution is 5.80. The molecule has 4 rings (SSSR count). The average molecular weight is 465 g/mol. The number of nitrogens with one attached hydrogen (secondary N) is 2. The van der Waals surface area contributed by atoms with Gasteiger partial charge in [0, 0.05) is 24.4 Å². The molecule has 2 amide bonds. The SMILES string of the molecule is CC[C@H](CC(=O)N[C@H]1CCCC[C@H]1C(=O)O)NC(=O)OCC1c2ccccc2-c2ccccc21. The second-order valence-corrected chi connectivity index (χ2v) is 9.18. The molecule has 0 spiro atoms. The summed E-state index contributed by atoms with van der Waals surface area (Å²) in [6.45, 7) is 2.10. The summed E-state index contributed by atoms with van der Waals surface area (Å²) >= 11 is 0. The number of carbonyl (C=O) groups is 3. The quantitative estimate of drug-likeness (QED) is 0.535. The smallest absolute Gasteiger partial charge is 0.407 e. The highest BCUT2D eigenvalue weighted by Gasteiger charge is 2.32. The minimum Gasteiger partial charge on any atom is -0.481 e. The molecular weight excluding hydrogens is 432 g/mol. The lowest BCUT2D eigenvalue weighted by Crippen LogP contribution is -2.47. The Hall–Kier alpha value is -3.35. The van der Waals surface area contributed by atoms with E-state index in [4.69, 9.17) is 4.74 Å². The normalized spacial score (nSPS) is 20.0. The van der Waals surface area contributed by atoms with E-state index in [-0.39, 0.29) is 36.9 Å². The lowest BCUT2D eigenvalue weighted by Gasteiger charge is -2.29. The summed E-state index contributed by atoms with van der Waals surface area (Å²) in [6, 6.07) is 15.6. The van der Waals surface area contributed by atoms with Crippen molar-refractivity contribution in [1.29, 1.82) is 0 Å². The van der Waals surface area contributed by atoms with E-state index in [1.54, 1.807) is 0 Å². The maximum Gasteiger partial charge on any atom is 0.407 e. The van der Waals surface area contributed by atoms with Crippen LogP contribution in [-0.2, 0) is 14.3 Å². The Morgan fingerprint density at radius 1 is 1.00 bits per heavy atom. The van der Waals surface area contributed by atoms with Gasteiger partial charge >= 0.3 is 12.1 Å². The van der Waals surface area contributed by atoms with Crippen LogP contribution in [0.5, 0.6) is 0 Å². The van der Waals surface area contributed by atoms with Crippen molar-refractivity contribution in [3.63, 3.8) is 0 Å². The van der Waals surface area contributed by atoms with Gasteiger partial charge in [-0.3, -0.25) is 9.59 Å². The molecule has 180 valence electrons. The van der Waals surface area contributed by atoms with Crippen molar-refractivity contribution in [2.24, 2.45) is 5.92 Å². The summed E-state index contributed by atoms with van der Waals surface area (Å²) in [5.41, 5.74) is 4.61. The Kier molecular flexibility index (Phi) is 7.50. The van der Waals surface area contributed by atoms with Crippen LogP contribution in [0.4, 0.5) is 4.79 Å². The fourth-order valence-corrected chi connectivity index (χ4v) is 5.19. The first-order valence-corrected chi connectivity index (χ1v) is 12.1. The number of rotatable bonds is 8. The monoisotopic (exact) mass is 464 g/mol. The second-order valence-electron chi connectivity index (χ2n) is 9.18. The molecule has 2 aliphatic rings. The molecular formula is C27H32N2O5. The molecule has 3 atom stereocenters. The number of ether oxygens (including phenoxy) is 1. The Bertz CT molecular complexity index is 1010. The lowest BCUT2D eigenvalue weighted by atomic mass is 9.84. The van der Waals surface area contributed by atoms with Gasteiger partial charge in [0.05, 0.1) is 5.92 Å². The number of aliphatic carboxylic acids is 1. The molecule has 0 aromatic heterocycles. The van der Waals surface area contributed by atoms with Crippen molar-refractivity contribution in [3.05, 3.63) is 59.7 Å². The molecule has 0 bridgehead atoms. The van der Waals surface area contributed by atoms with E-state index < -0.39 is 18.0 Å². The van der Waals surface area contributed by atoms with Gasteiger partial charge in [0.15, 0.2) is 0 Å². The van der Waals surface area contributed by atoms with Gasteiger partial charge in [-0.2, -0.15) is 0 Å². The van der Waals surface area contributed by atoms with Crippen molar-refractivity contribution in [2.75, 3.05) is 6.61 Å². The van der Waals surface area contributed by atoms with E-state index in [1.165, 1.54) is 0 Å². The highest BCUT2D eigenvalue weighted by Crippen LogP contribution is 2.44. The number of hydrogen-bond acceptors (Lipinski definition) is 4. The van der Waals surface area contributed by atoms with Gasteiger partial charge in [0.1, 0.15) is 6.61 Å². The van der Waals surface area contributed by atoms with Crippen molar-refractivity contribution in [3.8, 4) is 11.1 Å². The Labute approximate surface area is 199 Å². The van der Waals surface area contributed by atoms with Gasteiger partial charge < -0.3 is 20.5 Å². The maximum absolute atomic E-state index is 12.6. The van der Waals surface area contributed by atoms with Crippen LogP contribution in [0.15, 0.2) is 48.5 Å². The molecule has 0 saturated heterocycles. The third kappa shape index (κ3) is 5.24.